The zero-order chi connectivity index (χ0) is 16.9. The molecule has 0 radical (unpaired) electrons. The van der Waals surface area contributed by atoms with Crippen molar-refractivity contribution in [3.63, 3.8) is 0 Å². The van der Waals surface area contributed by atoms with Gasteiger partial charge in [0.05, 0.1) is 10.7 Å². The van der Waals surface area contributed by atoms with Crippen LogP contribution in [0.5, 0.6) is 0 Å². The number of amides is 1. The third kappa shape index (κ3) is 3.94. The zero-order valence-corrected chi connectivity index (χ0v) is 13.5. The summed E-state index contributed by atoms with van der Waals surface area (Å²) in [6.07, 6.45) is 1.09. The quantitative estimate of drug-likeness (QED) is 0.403. The summed E-state index contributed by atoms with van der Waals surface area (Å²) in [5.41, 5.74) is 0.788. The van der Waals surface area contributed by atoms with Crippen LogP contribution in [-0.2, 0) is 4.79 Å². The molecule has 3 rings (SSSR count). The topological polar surface area (TPSA) is 124 Å². The van der Waals surface area contributed by atoms with Crippen LogP contribution in [0.4, 0.5) is 10.1 Å². The molecule has 2 aromatic heterocycles. The van der Waals surface area contributed by atoms with E-state index in [2.05, 4.69) is 20.5 Å². The fourth-order valence-electron chi connectivity index (χ4n) is 1.66. The van der Waals surface area contributed by atoms with Gasteiger partial charge in [-0.05, 0) is 23.5 Å². The van der Waals surface area contributed by atoms with E-state index in [1.807, 2.05) is 30.3 Å². The van der Waals surface area contributed by atoms with Crippen molar-refractivity contribution in [2.24, 2.45) is 0 Å². The van der Waals surface area contributed by atoms with Gasteiger partial charge in [-0.25, -0.2) is 4.98 Å². The molecule has 0 bridgehead atoms. The number of nitrogens with zero attached hydrogens (tertiary/aromatic N) is 4. The predicted octanol–water partition coefficient (Wildman–Crippen LogP) is 2.83. The number of rotatable bonds is 6. The first-order valence-corrected chi connectivity index (χ1v) is 8.34. The van der Waals surface area contributed by atoms with Gasteiger partial charge < -0.3 is 9.73 Å². The number of carbonyl (C=O) groups is 1. The van der Waals surface area contributed by atoms with Crippen molar-refractivity contribution >= 4 is 39.1 Å². The van der Waals surface area contributed by atoms with Gasteiger partial charge in [0.1, 0.15) is 6.20 Å². The Morgan fingerprint density at radius 1 is 1.33 bits per heavy atom. The van der Waals surface area contributed by atoms with Crippen LogP contribution >= 0.6 is 23.1 Å². The van der Waals surface area contributed by atoms with Gasteiger partial charge in [0, 0.05) is 5.56 Å². The minimum atomic E-state index is -0.564. The van der Waals surface area contributed by atoms with Gasteiger partial charge in [-0.3, -0.25) is 14.9 Å². The van der Waals surface area contributed by atoms with Gasteiger partial charge in [0.15, 0.2) is 5.13 Å². The summed E-state index contributed by atoms with van der Waals surface area (Å²) in [7, 11) is 0. The summed E-state index contributed by atoms with van der Waals surface area (Å²) >= 11 is 1.86. The average molecular weight is 363 g/mol. The Morgan fingerprint density at radius 3 is 2.83 bits per heavy atom. The van der Waals surface area contributed by atoms with E-state index in [9.17, 15) is 14.9 Å². The van der Waals surface area contributed by atoms with Crippen LogP contribution in [-0.4, -0.2) is 31.8 Å². The Morgan fingerprint density at radius 2 is 2.12 bits per heavy atom. The second-order valence-corrected chi connectivity index (χ2v) is 6.27. The number of thiazole rings is 1. The molecule has 11 heteroatoms. The van der Waals surface area contributed by atoms with Gasteiger partial charge >= 0.3 is 5.00 Å². The second-order valence-electron chi connectivity index (χ2n) is 4.34. The standard InChI is InChI=1S/C13H9N5O4S2/c19-9(15-12-14-6-10(24-12)18(20)21)7-23-13-17-16-11(22-13)8-4-2-1-3-5-8/h1-6H,7H2,(H,14,15,19). The van der Waals surface area contributed by atoms with E-state index < -0.39 is 4.92 Å². The molecule has 2 heterocycles. The minimum Gasteiger partial charge on any atom is -0.411 e. The van der Waals surface area contributed by atoms with Gasteiger partial charge in [-0.1, -0.05) is 30.0 Å². The van der Waals surface area contributed by atoms with Crippen LogP contribution in [0.15, 0.2) is 46.2 Å². The molecule has 1 amide bonds. The molecule has 0 fully saturated rings. The lowest BCUT2D eigenvalue weighted by atomic mass is 10.2. The molecule has 0 atom stereocenters. The van der Waals surface area contributed by atoms with Crippen LogP contribution in [0.3, 0.4) is 0 Å². The molecule has 1 N–H and O–H groups in total. The molecule has 0 spiro atoms. The van der Waals surface area contributed by atoms with E-state index in [1.165, 1.54) is 0 Å². The number of hydrogen-bond acceptors (Lipinski definition) is 9. The smallest absolute Gasteiger partial charge is 0.345 e. The lowest BCUT2D eigenvalue weighted by Gasteiger charge is -1.98. The normalized spacial score (nSPS) is 10.5. The molecular formula is C13H9N5O4S2. The lowest BCUT2D eigenvalue weighted by molar-refractivity contribution is -0.380. The Kier molecular flexibility index (Phi) is 4.82. The maximum Gasteiger partial charge on any atom is 0.345 e. The second kappa shape index (κ2) is 7.19. The van der Waals surface area contributed by atoms with Gasteiger partial charge in [-0.2, -0.15) is 0 Å². The number of anilines is 1. The first-order valence-electron chi connectivity index (χ1n) is 6.53. The summed E-state index contributed by atoms with van der Waals surface area (Å²) in [5.74, 6) is 0.0156. The van der Waals surface area contributed by atoms with Crippen molar-refractivity contribution in [1.82, 2.24) is 15.2 Å². The number of nitro groups is 1. The summed E-state index contributed by atoms with van der Waals surface area (Å²) < 4.78 is 5.46. The van der Waals surface area contributed by atoms with E-state index in [1.54, 1.807) is 0 Å². The number of aromatic nitrogens is 3. The van der Waals surface area contributed by atoms with Crippen molar-refractivity contribution in [3.8, 4) is 11.5 Å². The van der Waals surface area contributed by atoms with Crippen molar-refractivity contribution in [1.29, 1.82) is 0 Å². The number of nitrogens with one attached hydrogen (secondary N) is 1. The molecular weight excluding hydrogens is 354 g/mol. The molecule has 0 aliphatic heterocycles. The van der Waals surface area contributed by atoms with E-state index >= 15 is 0 Å². The van der Waals surface area contributed by atoms with Crippen LogP contribution < -0.4 is 5.32 Å². The molecule has 24 heavy (non-hydrogen) atoms. The van der Waals surface area contributed by atoms with Gasteiger partial charge in [0.25, 0.3) is 5.22 Å². The van der Waals surface area contributed by atoms with Crippen molar-refractivity contribution in [2.45, 2.75) is 5.22 Å². The fraction of sp³-hybridized carbons (Fsp3) is 0.0769. The highest BCUT2D eigenvalue weighted by Gasteiger charge is 2.15. The van der Waals surface area contributed by atoms with E-state index in [0.717, 1.165) is 34.9 Å². The van der Waals surface area contributed by atoms with Crippen molar-refractivity contribution in [2.75, 3.05) is 11.1 Å². The zero-order valence-electron chi connectivity index (χ0n) is 11.9. The molecule has 0 unspecified atom stereocenters. The van der Waals surface area contributed by atoms with Gasteiger partial charge in [-0.15, -0.1) is 10.2 Å². The molecule has 122 valence electrons. The van der Waals surface area contributed by atoms with Gasteiger partial charge in [0.2, 0.25) is 11.8 Å². The van der Waals surface area contributed by atoms with E-state index in [4.69, 9.17) is 4.42 Å². The molecule has 1 aromatic carbocycles. The number of carbonyl (C=O) groups excluding carboxylic acids is 1. The lowest BCUT2D eigenvalue weighted by Crippen LogP contribution is -2.13. The first kappa shape index (κ1) is 16.1. The molecule has 9 nitrogen and oxygen atoms in total. The maximum absolute atomic E-state index is 11.8. The average Bonchev–Trinajstić information content (AvgIpc) is 3.23. The highest BCUT2D eigenvalue weighted by molar-refractivity contribution is 7.99. The van der Waals surface area contributed by atoms with E-state index in [0.29, 0.717) is 5.89 Å². The van der Waals surface area contributed by atoms with Crippen molar-refractivity contribution < 1.29 is 14.1 Å². The third-order valence-electron chi connectivity index (χ3n) is 2.67. The maximum atomic E-state index is 11.8. The Hall–Kier alpha value is -2.79. The molecule has 0 aliphatic rings. The van der Waals surface area contributed by atoms with Crippen LogP contribution in [0.1, 0.15) is 0 Å². The first-order chi connectivity index (χ1) is 11.6. The minimum absolute atomic E-state index is 0.0177. The van der Waals surface area contributed by atoms with Crippen molar-refractivity contribution in [3.05, 3.63) is 46.6 Å². The van der Waals surface area contributed by atoms with Crippen LogP contribution in [0, 0.1) is 10.1 Å². The Bertz CT molecular complexity index is 864. The highest BCUT2D eigenvalue weighted by Crippen LogP contribution is 2.26. The Labute approximate surface area is 143 Å². The van der Waals surface area contributed by atoms with Crippen LogP contribution in [0.25, 0.3) is 11.5 Å². The van der Waals surface area contributed by atoms with E-state index in [-0.39, 0.29) is 27.0 Å². The predicted molar refractivity (Wildman–Crippen MR) is 87.9 cm³/mol. The monoisotopic (exact) mass is 363 g/mol. The molecule has 0 saturated heterocycles. The highest BCUT2D eigenvalue weighted by atomic mass is 32.2. The van der Waals surface area contributed by atoms with Crippen LogP contribution in [0.2, 0.25) is 0 Å². The molecule has 3 aromatic rings. The summed E-state index contributed by atoms with van der Waals surface area (Å²) in [6.45, 7) is 0. The fourth-order valence-corrected chi connectivity index (χ4v) is 2.87. The summed E-state index contributed by atoms with van der Waals surface area (Å²) in [4.78, 5) is 25.6. The molecule has 0 saturated carbocycles. The number of thioether (sulfide) groups is 1. The summed E-state index contributed by atoms with van der Waals surface area (Å²) in [6, 6.07) is 9.26. The summed E-state index contributed by atoms with van der Waals surface area (Å²) in [5, 5.41) is 21.1. The molecule has 0 aliphatic carbocycles. The largest absolute Gasteiger partial charge is 0.411 e. The Balaban J connectivity index is 1.54. The SMILES string of the molecule is O=C(CSc1nnc(-c2ccccc2)o1)Nc1ncc([N+](=O)[O-])s1. The third-order valence-corrected chi connectivity index (χ3v) is 4.36. The number of benzene rings is 1. The number of hydrogen-bond donors (Lipinski definition) is 1.